The zero-order valence-corrected chi connectivity index (χ0v) is 20.7. The zero-order chi connectivity index (χ0) is 24.2. The Bertz CT molecular complexity index is 1050. The summed E-state index contributed by atoms with van der Waals surface area (Å²) in [6.45, 7) is 12.2. The largest absolute Gasteiger partial charge is 0.508 e. The number of ether oxygens (including phenoxy) is 1. The molecule has 0 saturated heterocycles. The van der Waals surface area contributed by atoms with E-state index in [1.807, 2.05) is 64.1 Å². The minimum absolute atomic E-state index is 0.149. The molecule has 3 aromatic rings. The lowest BCUT2D eigenvalue weighted by atomic mass is 9.88. The Morgan fingerprint density at radius 1 is 0.909 bits per heavy atom. The number of fused-ring (bicyclic) bond motifs is 3. The smallest absolute Gasteiger partial charge is 0.312 e. The van der Waals surface area contributed by atoms with E-state index in [0.717, 1.165) is 35.1 Å². The highest BCUT2D eigenvalue weighted by Crippen LogP contribution is 2.50. The van der Waals surface area contributed by atoms with Crippen molar-refractivity contribution in [2.75, 3.05) is 0 Å². The molecule has 174 valence electrons. The Hall–Kier alpha value is -3.07. The van der Waals surface area contributed by atoms with E-state index < -0.39 is 11.0 Å². The minimum Gasteiger partial charge on any atom is -0.508 e. The molecule has 0 aliphatic heterocycles. The van der Waals surface area contributed by atoms with Crippen LogP contribution in [0.3, 0.4) is 0 Å². The lowest BCUT2D eigenvalue weighted by Crippen LogP contribution is -2.35. The summed E-state index contributed by atoms with van der Waals surface area (Å²) in [5, 5.41) is 9.01. The van der Waals surface area contributed by atoms with Crippen molar-refractivity contribution in [1.82, 2.24) is 0 Å². The normalized spacial score (nSPS) is 14.4. The van der Waals surface area contributed by atoms with Gasteiger partial charge in [-0.3, -0.25) is 4.79 Å². The predicted octanol–water partition coefficient (Wildman–Crippen LogP) is 7.82. The van der Waals surface area contributed by atoms with Gasteiger partial charge < -0.3 is 9.84 Å². The van der Waals surface area contributed by atoms with Gasteiger partial charge in [0.05, 0.1) is 5.41 Å². The number of carbonyl (C=O) groups is 1. The highest BCUT2D eigenvalue weighted by Gasteiger charge is 2.44. The van der Waals surface area contributed by atoms with Crippen LogP contribution in [0.5, 0.6) is 5.75 Å². The Kier molecular flexibility index (Phi) is 7.31. The highest BCUT2D eigenvalue weighted by molar-refractivity contribution is 5.83. The van der Waals surface area contributed by atoms with Gasteiger partial charge in [-0.25, -0.2) is 0 Å². The van der Waals surface area contributed by atoms with E-state index in [9.17, 15) is 4.79 Å². The van der Waals surface area contributed by atoms with Crippen molar-refractivity contribution in [2.45, 2.75) is 65.9 Å². The molecule has 3 aromatic carbocycles. The van der Waals surface area contributed by atoms with E-state index in [2.05, 4.69) is 38.1 Å². The third-order valence-corrected chi connectivity index (χ3v) is 6.98. The number of phenolic OH excluding ortho intramolecular Hbond substituents is 1. The first-order valence-corrected chi connectivity index (χ1v) is 11.9. The van der Waals surface area contributed by atoms with Gasteiger partial charge in [0, 0.05) is 11.1 Å². The Labute approximate surface area is 198 Å². The monoisotopic (exact) mass is 444 g/mol. The molecule has 3 nitrogen and oxygen atoms in total. The molecule has 1 unspecified atom stereocenters. The predicted molar refractivity (Wildman–Crippen MR) is 135 cm³/mol. The lowest BCUT2D eigenvalue weighted by Gasteiger charge is -2.32. The molecule has 0 amide bonds. The molecule has 1 N–H and O–H groups in total. The molecule has 1 aliphatic rings. The van der Waals surface area contributed by atoms with Gasteiger partial charge in [0.2, 0.25) is 0 Å². The number of esters is 1. The average Bonchev–Trinajstić information content (AvgIpc) is 3.08. The molecule has 0 aromatic heterocycles. The standard InChI is InChI=1S/C20H22O2.C10H14O/c1-5-19(2,3)18(21)22-20(4)16-12-8-6-10-14(16)15-11-7-9-13-17(15)20;1-3-8(2)9-4-6-10(11)7-5-9/h6-13H,5H2,1-4H3;4-8,11H,3H2,1-2H3. The second-order valence-corrected chi connectivity index (χ2v) is 9.65. The van der Waals surface area contributed by atoms with Crippen LogP contribution in [0, 0.1) is 5.41 Å². The van der Waals surface area contributed by atoms with E-state index in [-0.39, 0.29) is 5.97 Å². The van der Waals surface area contributed by atoms with Gasteiger partial charge in [-0.2, -0.15) is 0 Å². The summed E-state index contributed by atoms with van der Waals surface area (Å²) in [6, 6.07) is 23.8. The van der Waals surface area contributed by atoms with Crippen LogP contribution >= 0.6 is 0 Å². The van der Waals surface area contributed by atoms with Crippen LogP contribution in [-0.4, -0.2) is 11.1 Å². The van der Waals surface area contributed by atoms with Crippen molar-refractivity contribution in [1.29, 1.82) is 0 Å². The molecule has 0 heterocycles. The van der Waals surface area contributed by atoms with Gasteiger partial charge in [-0.15, -0.1) is 0 Å². The van der Waals surface area contributed by atoms with Crippen molar-refractivity contribution in [3.05, 3.63) is 89.5 Å². The van der Waals surface area contributed by atoms with E-state index >= 15 is 0 Å². The number of phenols is 1. The van der Waals surface area contributed by atoms with Gasteiger partial charge >= 0.3 is 5.97 Å². The van der Waals surface area contributed by atoms with Gasteiger partial charge in [0.15, 0.2) is 5.60 Å². The van der Waals surface area contributed by atoms with Gasteiger partial charge in [0.1, 0.15) is 5.75 Å². The van der Waals surface area contributed by atoms with Gasteiger partial charge in [-0.05, 0) is 68.4 Å². The summed E-state index contributed by atoms with van der Waals surface area (Å²) >= 11 is 0. The van der Waals surface area contributed by atoms with E-state index in [1.165, 1.54) is 5.56 Å². The Morgan fingerprint density at radius 3 is 1.85 bits per heavy atom. The van der Waals surface area contributed by atoms with Crippen LogP contribution in [0.4, 0.5) is 0 Å². The number of benzene rings is 3. The summed E-state index contributed by atoms with van der Waals surface area (Å²) in [6.07, 6.45) is 1.90. The highest BCUT2D eigenvalue weighted by atomic mass is 16.6. The first-order chi connectivity index (χ1) is 15.6. The zero-order valence-electron chi connectivity index (χ0n) is 20.7. The summed E-state index contributed by atoms with van der Waals surface area (Å²) < 4.78 is 6.07. The molecule has 0 saturated carbocycles. The van der Waals surface area contributed by atoms with Crippen LogP contribution in [0.1, 0.15) is 77.0 Å². The van der Waals surface area contributed by atoms with Crippen LogP contribution in [-0.2, 0) is 15.1 Å². The molecule has 1 aliphatic carbocycles. The Balaban J connectivity index is 0.000000235. The van der Waals surface area contributed by atoms with Crippen LogP contribution in [0.2, 0.25) is 0 Å². The second kappa shape index (κ2) is 9.82. The SMILES string of the molecule is CCC(C)(C)C(=O)OC1(C)c2ccccc2-c2ccccc21.CCC(C)c1ccc(O)cc1. The number of aromatic hydroxyl groups is 1. The van der Waals surface area contributed by atoms with Crippen molar-refractivity contribution < 1.29 is 14.6 Å². The second-order valence-electron chi connectivity index (χ2n) is 9.65. The van der Waals surface area contributed by atoms with Crippen LogP contribution < -0.4 is 0 Å². The molecule has 0 fully saturated rings. The molecule has 0 radical (unpaired) electrons. The van der Waals surface area contributed by atoms with Crippen molar-refractivity contribution in [3.8, 4) is 16.9 Å². The molecule has 0 bridgehead atoms. The van der Waals surface area contributed by atoms with Crippen molar-refractivity contribution in [2.24, 2.45) is 5.41 Å². The first-order valence-electron chi connectivity index (χ1n) is 11.9. The van der Waals surface area contributed by atoms with E-state index in [0.29, 0.717) is 11.7 Å². The quantitative estimate of drug-likeness (QED) is 0.408. The molecular weight excluding hydrogens is 408 g/mol. The van der Waals surface area contributed by atoms with Crippen LogP contribution in [0.25, 0.3) is 11.1 Å². The average molecular weight is 445 g/mol. The minimum atomic E-state index is -0.712. The fourth-order valence-electron chi connectivity index (χ4n) is 4.03. The lowest BCUT2D eigenvalue weighted by molar-refractivity contribution is -0.166. The molecule has 4 rings (SSSR count). The van der Waals surface area contributed by atoms with Crippen molar-refractivity contribution in [3.63, 3.8) is 0 Å². The fraction of sp³-hybridized carbons (Fsp3) is 0.367. The van der Waals surface area contributed by atoms with E-state index in [1.54, 1.807) is 12.1 Å². The van der Waals surface area contributed by atoms with Gasteiger partial charge in [0.25, 0.3) is 0 Å². The maximum atomic E-state index is 12.7. The molecule has 33 heavy (non-hydrogen) atoms. The number of rotatable bonds is 5. The summed E-state index contributed by atoms with van der Waals surface area (Å²) in [5.74, 6) is 0.789. The summed E-state index contributed by atoms with van der Waals surface area (Å²) in [5.41, 5.74) is 4.55. The number of hydrogen-bond acceptors (Lipinski definition) is 3. The first kappa shape index (κ1) is 24.6. The Morgan fingerprint density at radius 2 is 1.39 bits per heavy atom. The third kappa shape index (κ3) is 4.98. The van der Waals surface area contributed by atoms with Crippen LogP contribution in [0.15, 0.2) is 72.8 Å². The summed E-state index contributed by atoms with van der Waals surface area (Å²) in [7, 11) is 0. The molecule has 3 heteroatoms. The maximum Gasteiger partial charge on any atom is 0.312 e. The van der Waals surface area contributed by atoms with Crippen molar-refractivity contribution >= 4 is 5.97 Å². The number of carbonyl (C=O) groups excluding carboxylic acids is 1. The molecular formula is C30H36O3. The number of hydrogen-bond donors (Lipinski definition) is 1. The van der Waals surface area contributed by atoms with E-state index in [4.69, 9.17) is 9.84 Å². The molecule has 0 spiro atoms. The maximum absolute atomic E-state index is 12.7. The fourth-order valence-corrected chi connectivity index (χ4v) is 4.03. The summed E-state index contributed by atoms with van der Waals surface area (Å²) in [4.78, 5) is 12.7. The third-order valence-electron chi connectivity index (χ3n) is 6.98. The van der Waals surface area contributed by atoms with Gasteiger partial charge in [-0.1, -0.05) is 81.4 Å². The molecule has 1 atom stereocenters. The topological polar surface area (TPSA) is 46.5 Å².